The van der Waals surface area contributed by atoms with Crippen LogP contribution in [0.2, 0.25) is 0 Å². The minimum atomic E-state index is -0.231. The van der Waals surface area contributed by atoms with Gasteiger partial charge in [0.05, 0.1) is 0 Å². The minimum Gasteiger partial charge on any atom is -0.490 e. The van der Waals surface area contributed by atoms with Crippen molar-refractivity contribution >= 4 is 10.8 Å². The van der Waals surface area contributed by atoms with Crippen LogP contribution in [0.4, 0.5) is 4.39 Å². The average Bonchev–Trinajstić information content (AvgIpc) is 2.83. The van der Waals surface area contributed by atoms with Gasteiger partial charge in [-0.3, -0.25) is 0 Å². The van der Waals surface area contributed by atoms with E-state index in [9.17, 15) is 4.39 Å². The first-order chi connectivity index (χ1) is 15.7. The predicted molar refractivity (Wildman–Crippen MR) is 129 cm³/mol. The molecule has 0 aliphatic rings. The zero-order valence-electron chi connectivity index (χ0n) is 17.7. The molecule has 4 aromatic carbocycles. The van der Waals surface area contributed by atoms with Gasteiger partial charge in [0.2, 0.25) is 0 Å². The molecule has 0 saturated carbocycles. The Morgan fingerprint density at radius 3 is 1.78 bits per heavy atom. The molecule has 0 unspecified atom stereocenters. The van der Waals surface area contributed by atoms with Gasteiger partial charge in [-0.1, -0.05) is 48.0 Å². The molecule has 0 aliphatic heterocycles. The monoisotopic (exact) mass is 416 g/mol. The fourth-order valence-electron chi connectivity index (χ4n) is 3.09. The molecular formula is C30H21FO. The fraction of sp³-hybridized carbons (Fsp3) is 0.0667. The summed E-state index contributed by atoms with van der Waals surface area (Å²) in [4.78, 5) is 0. The number of fused-ring (bicyclic) bond motifs is 1. The summed E-state index contributed by atoms with van der Waals surface area (Å²) in [6.07, 6.45) is 3.93. The summed E-state index contributed by atoms with van der Waals surface area (Å²) >= 11 is 0. The molecule has 32 heavy (non-hydrogen) atoms. The molecule has 4 rings (SSSR count). The lowest BCUT2D eigenvalue weighted by Gasteiger charge is -2.02. The highest BCUT2D eigenvalue weighted by atomic mass is 19.1. The van der Waals surface area contributed by atoms with Gasteiger partial charge in [-0.15, -0.1) is 0 Å². The third-order valence-electron chi connectivity index (χ3n) is 4.83. The molecule has 0 heterocycles. The van der Waals surface area contributed by atoms with Gasteiger partial charge in [-0.25, -0.2) is 4.39 Å². The highest BCUT2D eigenvalue weighted by molar-refractivity contribution is 5.84. The van der Waals surface area contributed by atoms with Crippen molar-refractivity contribution in [3.63, 3.8) is 0 Å². The van der Waals surface area contributed by atoms with E-state index >= 15 is 0 Å². The van der Waals surface area contributed by atoms with Crippen molar-refractivity contribution in [2.75, 3.05) is 6.61 Å². The molecule has 0 atom stereocenters. The summed E-state index contributed by atoms with van der Waals surface area (Å²) < 4.78 is 18.9. The third-order valence-corrected chi connectivity index (χ3v) is 4.83. The van der Waals surface area contributed by atoms with Crippen molar-refractivity contribution in [3.8, 4) is 29.4 Å². The molecule has 4 aromatic rings. The summed E-state index contributed by atoms with van der Waals surface area (Å²) in [5.74, 6) is 13.3. The Morgan fingerprint density at radius 2 is 1.16 bits per heavy atom. The van der Waals surface area contributed by atoms with E-state index in [1.807, 2.05) is 85.8 Å². The van der Waals surface area contributed by atoms with Gasteiger partial charge in [-0.05, 0) is 90.5 Å². The van der Waals surface area contributed by atoms with E-state index in [4.69, 9.17) is 4.74 Å². The third kappa shape index (κ3) is 5.66. The van der Waals surface area contributed by atoms with Crippen molar-refractivity contribution in [2.24, 2.45) is 0 Å². The van der Waals surface area contributed by atoms with E-state index < -0.39 is 0 Å². The van der Waals surface area contributed by atoms with Crippen molar-refractivity contribution in [3.05, 3.63) is 125 Å². The molecule has 0 spiro atoms. The van der Waals surface area contributed by atoms with Crippen molar-refractivity contribution in [2.45, 2.75) is 6.92 Å². The number of hydrogen-bond acceptors (Lipinski definition) is 1. The molecule has 2 heteroatoms. The molecule has 0 aliphatic carbocycles. The van der Waals surface area contributed by atoms with Crippen LogP contribution in [0.1, 0.15) is 29.2 Å². The first-order valence-corrected chi connectivity index (χ1v) is 10.4. The zero-order chi connectivity index (χ0) is 22.2. The molecule has 0 radical (unpaired) electrons. The molecule has 0 amide bonds. The summed E-state index contributed by atoms with van der Waals surface area (Å²) in [6, 6.07) is 26.2. The maximum atomic E-state index is 13.3. The Morgan fingerprint density at radius 1 is 0.656 bits per heavy atom. The second kappa shape index (κ2) is 10.2. The number of allylic oxidation sites excluding steroid dienone is 1. The van der Waals surface area contributed by atoms with E-state index in [1.54, 1.807) is 6.07 Å². The maximum absolute atomic E-state index is 13.3. The SMILES string of the molecule is C/C=C/COc1ccc(C#Cc2ccc(C#Cc3ccc4cc(F)ccc4c3)cc2)cc1. The molecule has 0 fully saturated rings. The van der Waals surface area contributed by atoms with Crippen LogP contribution in [-0.4, -0.2) is 6.61 Å². The number of ether oxygens (including phenoxy) is 1. The normalized spacial score (nSPS) is 10.3. The second-order valence-electron chi connectivity index (χ2n) is 7.19. The van der Waals surface area contributed by atoms with Crippen LogP contribution in [0.15, 0.2) is 97.1 Å². The number of hydrogen-bond donors (Lipinski definition) is 0. The largest absolute Gasteiger partial charge is 0.490 e. The lowest BCUT2D eigenvalue weighted by Crippen LogP contribution is -1.92. The van der Waals surface area contributed by atoms with Gasteiger partial charge in [0.25, 0.3) is 0 Å². The summed E-state index contributed by atoms with van der Waals surface area (Å²) in [7, 11) is 0. The fourth-order valence-corrected chi connectivity index (χ4v) is 3.09. The van der Waals surface area contributed by atoms with Gasteiger partial charge >= 0.3 is 0 Å². The van der Waals surface area contributed by atoms with Crippen LogP contribution in [0.3, 0.4) is 0 Å². The van der Waals surface area contributed by atoms with E-state index in [0.717, 1.165) is 38.8 Å². The number of benzene rings is 4. The highest BCUT2D eigenvalue weighted by Crippen LogP contribution is 2.17. The smallest absolute Gasteiger partial charge is 0.123 e. The maximum Gasteiger partial charge on any atom is 0.123 e. The van der Waals surface area contributed by atoms with Gasteiger partial charge in [0.15, 0.2) is 0 Å². The van der Waals surface area contributed by atoms with Gasteiger partial charge in [0, 0.05) is 22.3 Å². The summed E-state index contributed by atoms with van der Waals surface area (Å²) in [5.41, 5.74) is 3.67. The van der Waals surface area contributed by atoms with E-state index in [2.05, 4.69) is 23.7 Å². The molecular weight excluding hydrogens is 395 g/mol. The second-order valence-corrected chi connectivity index (χ2v) is 7.19. The van der Waals surface area contributed by atoms with Crippen molar-refractivity contribution in [1.29, 1.82) is 0 Å². The first-order valence-electron chi connectivity index (χ1n) is 10.4. The predicted octanol–water partition coefficient (Wildman–Crippen LogP) is 6.73. The number of rotatable bonds is 3. The zero-order valence-corrected chi connectivity index (χ0v) is 17.7. The van der Waals surface area contributed by atoms with Crippen molar-refractivity contribution in [1.82, 2.24) is 0 Å². The Balaban J connectivity index is 1.42. The number of halogens is 1. The standard InChI is InChI=1S/C30H21FO/c1-2-3-20-32-30-18-13-25(14-19-30)9-8-23-4-6-24(7-5-23)10-11-26-12-15-28-22-29(31)17-16-27(28)21-26/h2-7,12-19,21-22H,20H2,1H3/b3-2+. The van der Waals surface area contributed by atoms with Crippen LogP contribution in [-0.2, 0) is 0 Å². The van der Waals surface area contributed by atoms with E-state index in [0.29, 0.717) is 6.61 Å². The molecule has 0 aromatic heterocycles. The lowest BCUT2D eigenvalue weighted by atomic mass is 10.1. The summed E-state index contributed by atoms with van der Waals surface area (Å²) in [6.45, 7) is 2.54. The van der Waals surface area contributed by atoms with E-state index in [1.165, 1.54) is 12.1 Å². The summed E-state index contributed by atoms with van der Waals surface area (Å²) in [5, 5.41) is 1.84. The van der Waals surface area contributed by atoms with Crippen LogP contribution in [0.25, 0.3) is 10.8 Å². The molecule has 1 nitrogen and oxygen atoms in total. The molecule has 0 bridgehead atoms. The Labute approximate surface area is 188 Å². The highest BCUT2D eigenvalue weighted by Gasteiger charge is 1.97. The van der Waals surface area contributed by atoms with Gasteiger partial charge in [0.1, 0.15) is 18.2 Å². The van der Waals surface area contributed by atoms with Gasteiger partial charge < -0.3 is 4.74 Å². The minimum absolute atomic E-state index is 0.231. The van der Waals surface area contributed by atoms with Crippen LogP contribution < -0.4 is 4.74 Å². The average molecular weight is 416 g/mol. The van der Waals surface area contributed by atoms with Crippen LogP contribution >= 0.6 is 0 Å². The molecule has 0 saturated heterocycles. The van der Waals surface area contributed by atoms with Crippen LogP contribution in [0.5, 0.6) is 5.75 Å². The molecule has 0 N–H and O–H groups in total. The quantitative estimate of drug-likeness (QED) is 0.266. The Kier molecular flexibility index (Phi) is 6.66. The van der Waals surface area contributed by atoms with E-state index in [-0.39, 0.29) is 5.82 Å². The lowest BCUT2D eigenvalue weighted by molar-refractivity contribution is 0.362. The topological polar surface area (TPSA) is 9.23 Å². The van der Waals surface area contributed by atoms with Crippen LogP contribution in [0, 0.1) is 29.5 Å². The molecule has 154 valence electrons. The Bertz CT molecular complexity index is 1370. The van der Waals surface area contributed by atoms with Crippen molar-refractivity contribution < 1.29 is 9.13 Å². The first kappa shape index (κ1) is 21.0. The Hall–Kier alpha value is -4.27. The van der Waals surface area contributed by atoms with Gasteiger partial charge in [-0.2, -0.15) is 0 Å².